The van der Waals surface area contributed by atoms with Crippen LogP contribution in [0.2, 0.25) is 0 Å². The molecule has 9 heteroatoms. The summed E-state index contributed by atoms with van der Waals surface area (Å²) in [5.41, 5.74) is 6.98. The highest BCUT2D eigenvalue weighted by molar-refractivity contribution is 5.96. The first kappa shape index (κ1) is 23.1. The zero-order valence-electron chi connectivity index (χ0n) is 17.0. The molecule has 0 aliphatic rings. The van der Waals surface area contributed by atoms with Crippen LogP contribution in [0.4, 0.5) is 19.3 Å². The number of anilines is 1. The summed E-state index contributed by atoms with van der Waals surface area (Å²) in [7, 11) is 0. The minimum Gasteiger partial charge on any atom is -0.485 e. The predicted molar refractivity (Wildman–Crippen MR) is 109 cm³/mol. The molecule has 3 amide bonds. The molecular weight excluding hydrogens is 396 g/mol. The van der Waals surface area contributed by atoms with E-state index in [1.54, 1.807) is 13.0 Å². The van der Waals surface area contributed by atoms with Crippen molar-refractivity contribution in [2.24, 2.45) is 5.73 Å². The van der Waals surface area contributed by atoms with Crippen molar-refractivity contribution in [3.63, 3.8) is 0 Å². The van der Waals surface area contributed by atoms with E-state index in [0.29, 0.717) is 5.56 Å². The fraction of sp³-hybridized carbons (Fsp3) is 0.333. The molecule has 7 nitrogen and oxygen atoms in total. The molecule has 0 aliphatic heterocycles. The maximum Gasteiger partial charge on any atom is 0.320 e. The van der Waals surface area contributed by atoms with Crippen LogP contribution in [0.3, 0.4) is 0 Å². The van der Waals surface area contributed by atoms with Gasteiger partial charge in [0.05, 0.1) is 17.8 Å². The number of urea groups is 1. The molecule has 0 fully saturated rings. The van der Waals surface area contributed by atoms with Gasteiger partial charge in [0, 0.05) is 5.56 Å². The van der Waals surface area contributed by atoms with E-state index in [0.717, 1.165) is 11.1 Å². The van der Waals surface area contributed by atoms with Gasteiger partial charge < -0.3 is 26.2 Å². The van der Waals surface area contributed by atoms with Crippen LogP contribution in [-0.4, -0.2) is 36.7 Å². The number of hydrogen-bond donors (Lipinski definition) is 4. The molecule has 1 atom stereocenters. The number of ether oxygens (including phenoxy) is 1. The zero-order valence-corrected chi connectivity index (χ0v) is 17.0. The van der Waals surface area contributed by atoms with E-state index in [1.807, 2.05) is 26.0 Å². The fourth-order valence-electron chi connectivity index (χ4n) is 2.74. The van der Waals surface area contributed by atoms with Crippen LogP contribution >= 0.6 is 0 Å². The Kier molecular flexibility index (Phi) is 7.33. The van der Waals surface area contributed by atoms with Gasteiger partial charge in [0.15, 0.2) is 0 Å². The van der Waals surface area contributed by atoms with Gasteiger partial charge in [0.25, 0.3) is 6.43 Å². The third-order valence-electron chi connectivity index (χ3n) is 4.73. The van der Waals surface area contributed by atoms with Crippen molar-refractivity contribution in [1.29, 1.82) is 0 Å². The van der Waals surface area contributed by atoms with Gasteiger partial charge in [-0.2, -0.15) is 0 Å². The van der Waals surface area contributed by atoms with Crippen LogP contribution in [0.15, 0.2) is 36.4 Å². The lowest BCUT2D eigenvalue weighted by Crippen LogP contribution is -2.48. The number of benzene rings is 2. The molecule has 1 unspecified atom stereocenters. The van der Waals surface area contributed by atoms with Crippen molar-refractivity contribution in [3.8, 4) is 5.75 Å². The maximum atomic E-state index is 12.6. The molecule has 0 heterocycles. The quantitative estimate of drug-likeness (QED) is 0.524. The number of aliphatic hydroxyl groups excluding tert-OH is 1. The second-order valence-corrected chi connectivity index (χ2v) is 7.15. The topological polar surface area (TPSA) is 114 Å². The monoisotopic (exact) mass is 421 g/mol. The van der Waals surface area contributed by atoms with Gasteiger partial charge in [-0.3, -0.25) is 4.79 Å². The Morgan fingerprint density at radius 2 is 1.87 bits per heavy atom. The molecule has 162 valence electrons. The lowest BCUT2D eigenvalue weighted by molar-refractivity contribution is 0.0822. The number of alkyl halides is 2. The molecule has 0 saturated carbocycles. The first-order valence-electron chi connectivity index (χ1n) is 9.18. The van der Waals surface area contributed by atoms with Crippen molar-refractivity contribution in [2.75, 3.05) is 18.5 Å². The van der Waals surface area contributed by atoms with Crippen LogP contribution in [0.1, 0.15) is 34.0 Å². The third kappa shape index (κ3) is 5.66. The first-order chi connectivity index (χ1) is 14.1. The maximum absolute atomic E-state index is 12.6. The molecule has 2 aromatic carbocycles. The van der Waals surface area contributed by atoms with Gasteiger partial charge in [-0.1, -0.05) is 18.2 Å². The van der Waals surface area contributed by atoms with Gasteiger partial charge in [-0.15, -0.1) is 0 Å². The number of halogens is 2. The summed E-state index contributed by atoms with van der Waals surface area (Å²) in [6.07, 6.45) is -2.74. The minimum atomic E-state index is -2.74. The van der Waals surface area contributed by atoms with Crippen LogP contribution < -0.4 is 21.1 Å². The largest absolute Gasteiger partial charge is 0.485 e. The Morgan fingerprint density at radius 3 is 2.43 bits per heavy atom. The van der Waals surface area contributed by atoms with Crippen LogP contribution in [0.25, 0.3) is 0 Å². The van der Waals surface area contributed by atoms with Gasteiger partial charge in [-0.05, 0) is 55.7 Å². The number of aliphatic hydroxyl groups is 1. The summed E-state index contributed by atoms with van der Waals surface area (Å²) >= 11 is 0. The Labute approximate surface area is 173 Å². The molecule has 0 spiro atoms. The van der Waals surface area contributed by atoms with Crippen molar-refractivity contribution in [2.45, 2.75) is 32.7 Å². The van der Waals surface area contributed by atoms with E-state index in [9.17, 15) is 23.5 Å². The minimum absolute atomic E-state index is 0.0422. The average Bonchev–Trinajstić information content (AvgIpc) is 2.68. The Hall–Kier alpha value is -3.20. The van der Waals surface area contributed by atoms with Crippen molar-refractivity contribution in [3.05, 3.63) is 58.7 Å². The molecule has 0 radical (unpaired) electrons. The highest BCUT2D eigenvalue weighted by Gasteiger charge is 2.28. The predicted octanol–water partition coefficient (Wildman–Crippen LogP) is 3.08. The van der Waals surface area contributed by atoms with Crippen LogP contribution in [-0.2, 0) is 5.54 Å². The Bertz CT molecular complexity index is 936. The van der Waals surface area contributed by atoms with Crippen molar-refractivity contribution < 1.29 is 28.2 Å². The van der Waals surface area contributed by atoms with E-state index in [1.165, 1.54) is 18.2 Å². The lowest BCUT2D eigenvalue weighted by Gasteiger charge is -2.30. The number of hydrogen-bond acceptors (Lipinski definition) is 4. The molecule has 0 saturated heterocycles. The molecule has 0 bridgehead atoms. The highest BCUT2D eigenvalue weighted by Crippen LogP contribution is 2.28. The van der Waals surface area contributed by atoms with Gasteiger partial charge in [0.2, 0.25) is 5.91 Å². The first-order valence-corrected chi connectivity index (χ1v) is 9.18. The Balaban J connectivity index is 2.24. The molecule has 2 aromatic rings. The number of rotatable bonds is 8. The summed E-state index contributed by atoms with van der Waals surface area (Å²) in [6, 6.07) is 8.70. The molecule has 30 heavy (non-hydrogen) atoms. The smallest absolute Gasteiger partial charge is 0.320 e. The normalized spacial score (nSPS) is 12.9. The molecule has 0 aliphatic carbocycles. The standard InChI is InChI=1S/C21H25F2N3O4/c1-12-4-6-15(8-13(12)2)21(3,11-27)26-20(29)25-16-7-5-14(19(24)28)9-17(16)30-10-18(22)23/h4-9,18,27H,10-11H2,1-3H3,(H2,24,28)(H2,25,26,29). The summed E-state index contributed by atoms with van der Waals surface area (Å²) in [6.45, 7) is 4.23. The van der Waals surface area contributed by atoms with Gasteiger partial charge >= 0.3 is 6.03 Å². The van der Waals surface area contributed by atoms with Crippen LogP contribution in [0, 0.1) is 13.8 Å². The van der Waals surface area contributed by atoms with E-state index in [4.69, 9.17) is 10.5 Å². The van der Waals surface area contributed by atoms with Gasteiger partial charge in [-0.25, -0.2) is 13.6 Å². The van der Waals surface area contributed by atoms with Crippen LogP contribution in [0.5, 0.6) is 5.75 Å². The number of amides is 3. The fourth-order valence-corrected chi connectivity index (χ4v) is 2.74. The average molecular weight is 421 g/mol. The summed E-state index contributed by atoms with van der Waals surface area (Å²) in [5, 5.41) is 15.1. The van der Waals surface area contributed by atoms with E-state index in [-0.39, 0.29) is 23.6 Å². The Morgan fingerprint density at radius 1 is 1.17 bits per heavy atom. The molecule has 5 N–H and O–H groups in total. The van der Waals surface area contributed by atoms with Gasteiger partial charge in [0.1, 0.15) is 12.4 Å². The molecule has 0 aromatic heterocycles. The highest BCUT2D eigenvalue weighted by atomic mass is 19.3. The number of primary amides is 1. The summed E-state index contributed by atoms with van der Waals surface area (Å²) < 4.78 is 30.1. The zero-order chi connectivity index (χ0) is 22.5. The second kappa shape index (κ2) is 9.53. The number of nitrogens with two attached hydrogens (primary N) is 1. The third-order valence-corrected chi connectivity index (χ3v) is 4.73. The van der Waals surface area contributed by atoms with Crippen molar-refractivity contribution >= 4 is 17.6 Å². The number of carbonyl (C=O) groups is 2. The molecule has 2 rings (SSSR count). The summed E-state index contributed by atoms with van der Waals surface area (Å²) in [4.78, 5) is 23.9. The lowest BCUT2D eigenvalue weighted by atomic mass is 9.90. The van der Waals surface area contributed by atoms with E-state index >= 15 is 0 Å². The second-order valence-electron chi connectivity index (χ2n) is 7.15. The summed E-state index contributed by atoms with van der Waals surface area (Å²) in [5.74, 6) is -0.894. The van der Waals surface area contributed by atoms with E-state index < -0.39 is 30.5 Å². The number of carbonyl (C=O) groups excluding carboxylic acids is 2. The van der Waals surface area contributed by atoms with E-state index in [2.05, 4.69) is 10.6 Å². The number of nitrogens with one attached hydrogen (secondary N) is 2. The number of aryl methyl sites for hydroxylation is 2. The molecular formula is C21H25F2N3O4. The SMILES string of the molecule is Cc1ccc(C(C)(CO)NC(=O)Nc2ccc(C(N)=O)cc2OCC(F)F)cc1C. The van der Waals surface area contributed by atoms with Crippen molar-refractivity contribution in [1.82, 2.24) is 5.32 Å².